The van der Waals surface area contributed by atoms with Crippen LogP contribution in [-0.4, -0.2) is 65.2 Å². The molecule has 2 rings (SSSR count). The SMILES string of the molecule is COc1cc(OC)c(C(=O)Nc2cccc(C(=O)NCCN(C)C)c2)cc1OC. The van der Waals surface area contributed by atoms with Gasteiger partial charge in [-0.25, -0.2) is 0 Å². The second kappa shape index (κ2) is 10.3. The first-order chi connectivity index (χ1) is 13.9. The van der Waals surface area contributed by atoms with Crippen LogP contribution >= 0.6 is 0 Å². The zero-order valence-corrected chi connectivity index (χ0v) is 17.4. The maximum absolute atomic E-state index is 12.8. The van der Waals surface area contributed by atoms with Crippen LogP contribution < -0.4 is 24.8 Å². The lowest BCUT2D eigenvalue weighted by atomic mass is 10.1. The molecule has 2 aromatic carbocycles. The molecule has 156 valence electrons. The number of ether oxygens (including phenoxy) is 3. The summed E-state index contributed by atoms with van der Waals surface area (Å²) < 4.78 is 15.8. The third-order valence-corrected chi connectivity index (χ3v) is 4.18. The third-order valence-electron chi connectivity index (χ3n) is 4.18. The van der Waals surface area contributed by atoms with Crippen LogP contribution in [0.4, 0.5) is 5.69 Å². The fraction of sp³-hybridized carbons (Fsp3) is 0.333. The standard InChI is InChI=1S/C21H27N3O5/c1-24(2)10-9-22-20(25)14-7-6-8-15(11-14)23-21(26)16-12-18(28-4)19(29-5)13-17(16)27-3/h6-8,11-13H,9-10H2,1-5H3,(H,22,25)(H,23,26). The number of carbonyl (C=O) groups excluding carboxylic acids is 2. The summed E-state index contributed by atoms with van der Waals surface area (Å²) in [5.41, 5.74) is 1.24. The minimum absolute atomic E-state index is 0.202. The molecule has 0 aliphatic carbocycles. The van der Waals surface area contributed by atoms with E-state index in [9.17, 15) is 9.59 Å². The molecule has 0 aromatic heterocycles. The molecule has 8 heteroatoms. The molecule has 8 nitrogen and oxygen atoms in total. The van der Waals surface area contributed by atoms with Gasteiger partial charge in [0, 0.05) is 36.5 Å². The first-order valence-electron chi connectivity index (χ1n) is 9.04. The molecular formula is C21H27N3O5. The van der Waals surface area contributed by atoms with E-state index in [1.807, 2.05) is 19.0 Å². The molecule has 0 radical (unpaired) electrons. The van der Waals surface area contributed by atoms with E-state index >= 15 is 0 Å². The molecule has 0 bridgehead atoms. The monoisotopic (exact) mass is 401 g/mol. The van der Waals surface area contributed by atoms with Crippen molar-refractivity contribution in [1.82, 2.24) is 10.2 Å². The van der Waals surface area contributed by atoms with Crippen molar-refractivity contribution in [1.29, 1.82) is 0 Å². The van der Waals surface area contributed by atoms with Crippen LogP contribution in [0.2, 0.25) is 0 Å². The van der Waals surface area contributed by atoms with Crippen molar-refractivity contribution in [3.8, 4) is 17.2 Å². The molecule has 0 aliphatic rings. The Morgan fingerprint density at radius 1 is 0.897 bits per heavy atom. The van der Waals surface area contributed by atoms with E-state index in [1.54, 1.807) is 36.4 Å². The summed E-state index contributed by atoms with van der Waals surface area (Å²) in [6, 6.07) is 9.87. The van der Waals surface area contributed by atoms with Crippen molar-refractivity contribution in [2.75, 3.05) is 53.8 Å². The Hall–Kier alpha value is -3.26. The van der Waals surface area contributed by atoms with Gasteiger partial charge in [0.2, 0.25) is 0 Å². The second-order valence-corrected chi connectivity index (χ2v) is 6.50. The van der Waals surface area contributed by atoms with Gasteiger partial charge in [-0.15, -0.1) is 0 Å². The van der Waals surface area contributed by atoms with E-state index in [0.29, 0.717) is 35.0 Å². The van der Waals surface area contributed by atoms with E-state index in [1.165, 1.54) is 21.3 Å². The van der Waals surface area contributed by atoms with Gasteiger partial charge in [-0.05, 0) is 32.3 Å². The summed E-state index contributed by atoms with van der Waals surface area (Å²) in [7, 11) is 8.34. The predicted octanol–water partition coefficient (Wildman–Crippen LogP) is 2.26. The van der Waals surface area contributed by atoms with E-state index in [4.69, 9.17) is 14.2 Å². The van der Waals surface area contributed by atoms with Crippen molar-refractivity contribution in [2.24, 2.45) is 0 Å². The van der Waals surface area contributed by atoms with Crippen molar-refractivity contribution in [2.45, 2.75) is 0 Å². The smallest absolute Gasteiger partial charge is 0.259 e. The number of hydrogen-bond donors (Lipinski definition) is 2. The molecule has 2 N–H and O–H groups in total. The molecule has 0 heterocycles. The number of nitrogens with zero attached hydrogens (tertiary/aromatic N) is 1. The van der Waals surface area contributed by atoms with Gasteiger partial charge < -0.3 is 29.7 Å². The summed E-state index contributed by atoms with van der Waals surface area (Å²) in [5.74, 6) is 0.613. The summed E-state index contributed by atoms with van der Waals surface area (Å²) in [6.45, 7) is 1.27. The third kappa shape index (κ3) is 5.86. The van der Waals surface area contributed by atoms with Gasteiger partial charge in [0.05, 0.1) is 26.9 Å². The number of methoxy groups -OCH3 is 3. The van der Waals surface area contributed by atoms with Crippen LogP contribution in [0, 0.1) is 0 Å². The Morgan fingerprint density at radius 2 is 1.55 bits per heavy atom. The number of anilines is 1. The predicted molar refractivity (Wildman–Crippen MR) is 111 cm³/mol. The normalized spacial score (nSPS) is 10.4. The van der Waals surface area contributed by atoms with Gasteiger partial charge in [0.25, 0.3) is 11.8 Å². The first-order valence-corrected chi connectivity index (χ1v) is 9.04. The number of carbonyl (C=O) groups is 2. The highest BCUT2D eigenvalue weighted by atomic mass is 16.5. The maximum atomic E-state index is 12.8. The average molecular weight is 401 g/mol. The number of likely N-dealkylation sites (N-methyl/N-ethyl adjacent to an activating group) is 1. The molecule has 29 heavy (non-hydrogen) atoms. The first kappa shape index (κ1) is 22.0. The van der Waals surface area contributed by atoms with Gasteiger partial charge in [0.15, 0.2) is 11.5 Å². The van der Waals surface area contributed by atoms with Gasteiger partial charge >= 0.3 is 0 Å². The van der Waals surface area contributed by atoms with Gasteiger partial charge in [-0.2, -0.15) is 0 Å². The maximum Gasteiger partial charge on any atom is 0.259 e. The molecule has 0 saturated heterocycles. The van der Waals surface area contributed by atoms with Crippen LogP contribution in [0.1, 0.15) is 20.7 Å². The van der Waals surface area contributed by atoms with E-state index in [0.717, 1.165) is 6.54 Å². The Labute approximate surface area is 170 Å². The molecule has 2 amide bonds. The number of benzene rings is 2. The summed E-state index contributed by atoms with van der Waals surface area (Å²) in [4.78, 5) is 27.1. The Bertz CT molecular complexity index is 867. The van der Waals surface area contributed by atoms with E-state index < -0.39 is 5.91 Å². The van der Waals surface area contributed by atoms with Gasteiger partial charge in [-0.1, -0.05) is 6.07 Å². The highest BCUT2D eigenvalue weighted by Crippen LogP contribution is 2.35. The Morgan fingerprint density at radius 3 is 2.17 bits per heavy atom. The Kier molecular flexibility index (Phi) is 7.85. The van der Waals surface area contributed by atoms with E-state index in [-0.39, 0.29) is 11.5 Å². The highest BCUT2D eigenvalue weighted by Gasteiger charge is 2.18. The highest BCUT2D eigenvalue weighted by molar-refractivity contribution is 6.07. The molecule has 0 aliphatic heterocycles. The lowest BCUT2D eigenvalue weighted by Crippen LogP contribution is -2.31. The summed E-state index contributed by atoms with van der Waals surface area (Å²) >= 11 is 0. The minimum Gasteiger partial charge on any atom is -0.496 e. The minimum atomic E-state index is -0.395. The Balaban J connectivity index is 2.18. The molecule has 0 unspecified atom stereocenters. The van der Waals surface area contributed by atoms with Crippen LogP contribution in [0.5, 0.6) is 17.2 Å². The molecule has 0 saturated carbocycles. The number of amides is 2. The molecule has 0 fully saturated rings. The second-order valence-electron chi connectivity index (χ2n) is 6.50. The zero-order chi connectivity index (χ0) is 21.4. The number of rotatable bonds is 9. The fourth-order valence-electron chi connectivity index (χ4n) is 2.64. The molecule has 0 atom stereocenters. The molecule has 2 aromatic rings. The lowest BCUT2D eigenvalue weighted by molar-refractivity contribution is 0.0949. The summed E-state index contributed by atoms with van der Waals surface area (Å²) in [5, 5.41) is 5.63. The van der Waals surface area contributed by atoms with Crippen molar-refractivity contribution in [3.63, 3.8) is 0 Å². The lowest BCUT2D eigenvalue weighted by Gasteiger charge is -2.14. The summed E-state index contributed by atoms with van der Waals surface area (Å²) in [6.07, 6.45) is 0. The molecular weight excluding hydrogens is 374 g/mol. The van der Waals surface area contributed by atoms with Gasteiger partial charge in [-0.3, -0.25) is 9.59 Å². The quantitative estimate of drug-likeness (QED) is 0.670. The number of nitrogens with one attached hydrogen (secondary N) is 2. The number of hydrogen-bond acceptors (Lipinski definition) is 6. The average Bonchev–Trinajstić information content (AvgIpc) is 2.72. The zero-order valence-electron chi connectivity index (χ0n) is 17.4. The van der Waals surface area contributed by atoms with Crippen LogP contribution in [0.25, 0.3) is 0 Å². The van der Waals surface area contributed by atoms with Crippen LogP contribution in [0.3, 0.4) is 0 Å². The van der Waals surface area contributed by atoms with Crippen molar-refractivity contribution in [3.05, 3.63) is 47.5 Å². The van der Waals surface area contributed by atoms with Crippen molar-refractivity contribution >= 4 is 17.5 Å². The fourth-order valence-corrected chi connectivity index (χ4v) is 2.64. The van der Waals surface area contributed by atoms with Crippen LogP contribution in [-0.2, 0) is 0 Å². The van der Waals surface area contributed by atoms with Crippen LogP contribution in [0.15, 0.2) is 36.4 Å². The molecule has 0 spiro atoms. The topological polar surface area (TPSA) is 89.1 Å². The van der Waals surface area contributed by atoms with E-state index in [2.05, 4.69) is 10.6 Å². The van der Waals surface area contributed by atoms with Crippen molar-refractivity contribution < 1.29 is 23.8 Å². The van der Waals surface area contributed by atoms with Gasteiger partial charge in [0.1, 0.15) is 5.75 Å². The largest absolute Gasteiger partial charge is 0.496 e.